The molecule has 5 rings (SSSR count). The van der Waals surface area contributed by atoms with Crippen LogP contribution in [-0.2, 0) is 4.74 Å². The highest BCUT2D eigenvalue weighted by atomic mass is 32.1. The van der Waals surface area contributed by atoms with E-state index in [1.807, 2.05) is 45.3 Å². The fourth-order valence-corrected chi connectivity index (χ4v) is 4.87. The van der Waals surface area contributed by atoms with E-state index in [1.165, 1.54) is 11.3 Å². The number of aromatic nitrogens is 3. The molecule has 0 atom stereocenters. The maximum Gasteiger partial charge on any atom is 0.275 e. The van der Waals surface area contributed by atoms with E-state index in [0.717, 1.165) is 46.1 Å². The van der Waals surface area contributed by atoms with Crippen LogP contribution in [0.4, 0.5) is 11.5 Å². The van der Waals surface area contributed by atoms with Gasteiger partial charge in [0.25, 0.3) is 5.56 Å². The van der Waals surface area contributed by atoms with Gasteiger partial charge in [-0.3, -0.25) is 9.36 Å². The summed E-state index contributed by atoms with van der Waals surface area (Å²) in [6.45, 7) is 5.06. The van der Waals surface area contributed by atoms with Crippen LogP contribution >= 0.6 is 11.3 Å². The number of morpholine rings is 1. The molecular weight excluding hydrogens is 398 g/mol. The molecule has 1 saturated heterocycles. The third-order valence-corrected chi connectivity index (χ3v) is 6.51. The highest BCUT2D eigenvalue weighted by Crippen LogP contribution is 2.38. The van der Waals surface area contributed by atoms with Crippen molar-refractivity contribution in [3.05, 3.63) is 52.6 Å². The van der Waals surface area contributed by atoms with Gasteiger partial charge in [0.05, 0.1) is 30.0 Å². The number of nitrogens with zero attached hydrogens (tertiary/aromatic N) is 5. The lowest BCUT2D eigenvalue weighted by Gasteiger charge is -2.28. The standard InChI is InChI=1S/C22H23N5O2S/c1-14-4-6-15(7-5-14)27-13-23-19-18-16(25(2)3)12-17(26-8-10-29-11-9-26)24-21(18)30-20(19)22(27)28/h4-7,12-13H,8-11H2,1-3H3. The van der Waals surface area contributed by atoms with Gasteiger partial charge in [0, 0.05) is 33.3 Å². The minimum Gasteiger partial charge on any atom is -0.378 e. The molecule has 0 radical (unpaired) electrons. The molecule has 7 nitrogen and oxygen atoms in total. The Morgan fingerprint density at radius 2 is 1.87 bits per heavy atom. The maximum absolute atomic E-state index is 13.3. The normalized spacial score (nSPS) is 14.6. The van der Waals surface area contributed by atoms with Crippen molar-refractivity contribution in [2.75, 3.05) is 50.2 Å². The Morgan fingerprint density at radius 1 is 1.13 bits per heavy atom. The van der Waals surface area contributed by atoms with Crippen molar-refractivity contribution in [3.63, 3.8) is 0 Å². The summed E-state index contributed by atoms with van der Waals surface area (Å²) in [5.41, 5.74) is 3.63. The molecule has 154 valence electrons. The summed E-state index contributed by atoms with van der Waals surface area (Å²) in [5, 5.41) is 0.935. The lowest BCUT2D eigenvalue weighted by molar-refractivity contribution is 0.122. The molecule has 0 spiro atoms. The van der Waals surface area contributed by atoms with Crippen molar-refractivity contribution in [2.24, 2.45) is 0 Å². The molecule has 30 heavy (non-hydrogen) atoms. The average molecular weight is 422 g/mol. The molecule has 1 aromatic carbocycles. The number of hydrogen-bond acceptors (Lipinski definition) is 7. The zero-order valence-corrected chi connectivity index (χ0v) is 18.1. The summed E-state index contributed by atoms with van der Waals surface area (Å²) in [7, 11) is 4.02. The summed E-state index contributed by atoms with van der Waals surface area (Å²) >= 11 is 1.42. The molecule has 4 heterocycles. The van der Waals surface area contributed by atoms with E-state index in [9.17, 15) is 4.79 Å². The molecule has 1 fully saturated rings. The first-order valence-corrected chi connectivity index (χ1v) is 10.8. The number of benzene rings is 1. The topological polar surface area (TPSA) is 63.5 Å². The van der Waals surface area contributed by atoms with Crippen LogP contribution in [0, 0.1) is 6.92 Å². The van der Waals surface area contributed by atoms with Crippen LogP contribution in [0.3, 0.4) is 0 Å². The lowest BCUT2D eigenvalue weighted by Crippen LogP contribution is -2.36. The third-order valence-electron chi connectivity index (χ3n) is 5.45. The average Bonchev–Trinajstić information content (AvgIpc) is 3.14. The van der Waals surface area contributed by atoms with Crippen molar-refractivity contribution in [1.29, 1.82) is 0 Å². The zero-order valence-electron chi connectivity index (χ0n) is 17.3. The van der Waals surface area contributed by atoms with Gasteiger partial charge < -0.3 is 14.5 Å². The first-order valence-electron chi connectivity index (χ1n) is 9.95. The van der Waals surface area contributed by atoms with Crippen molar-refractivity contribution in [2.45, 2.75) is 6.92 Å². The number of ether oxygens (including phenoxy) is 1. The van der Waals surface area contributed by atoms with E-state index in [0.29, 0.717) is 23.4 Å². The SMILES string of the molecule is Cc1ccc(-n2cnc3c(sc4nc(N5CCOCC5)cc(N(C)C)c43)c2=O)cc1. The number of anilines is 2. The second-order valence-electron chi connectivity index (χ2n) is 7.71. The van der Waals surface area contributed by atoms with Gasteiger partial charge in [-0.2, -0.15) is 0 Å². The summed E-state index contributed by atoms with van der Waals surface area (Å²) in [4.78, 5) is 28.0. The second kappa shape index (κ2) is 7.37. The van der Waals surface area contributed by atoms with Crippen LogP contribution in [0.25, 0.3) is 26.1 Å². The predicted molar refractivity (Wildman–Crippen MR) is 123 cm³/mol. The number of rotatable bonds is 3. The number of hydrogen-bond donors (Lipinski definition) is 0. The molecule has 1 aliphatic rings. The molecule has 4 aromatic rings. The fourth-order valence-electron chi connectivity index (χ4n) is 3.79. The van der Waals surface area contributed by atoms with Gasteiger partial charge in [-0.25, -0.2) is 9.97 Å². The molecule has 0 bridgehead atoms. The number of aryl methyl sites for hydroxylation is 1. The van der Waals surface area contributed by atoms with Gasteiger partial charge in [0.1, 0.15) is 27.2 Å². The number of thiophene rings is 1. The third kappa shape index (κ3) is 3.12. The first kappa shape index (κ1) is 19.0. The van der Waals surface area contributed by atoms with Gasteiger partial charge in [-0.1, -0.05) is 17.7 Å². The minimum absolute atomic E-state index is 0.0653. The molecule has 3 aromatic heterocycles. The molecule has 0 aliphatic carbocycles. The van der Waals surface area contributed by atoms with Gasteiger partial charge in [0.2, 0.25) is 0 Å². The Kier molecular flexibility index (Phi) is 4.67. The fraction of sp³-hybridized carbons (Fsp3) is 0.318. The quantitative estimate of drug-likeness (QED) is 0.506. The van der Waals surface area contributed by atoms with Gasteiger partial charge >= 0.3 is 0 Å². The van der Waals surface area contributed by atoms with Crippen LogP contribution in [0.1, 0.15) is 5.56 Å². The van der Waals surface area contributed by atoms with E-state index in [4.69, 9.17) is 9.72 Å². The molecule has 0 unspecified atom stereocenters. The molecule has 1 aliphatic heterocycles. The van der Waals surface area contributed by atoms with Crippen LogP contribution in [0.15, 0.2) is 41.5 Å². The first-order chi connectivity index (χ1) is 14.5. The van der Waals surface area contributed by atoms with Crippen molar-refractivity contribution < 1.29 is 4.74 Å². The Hall–Kier alpha value is -2.97. The Balaban J connectivity index is 1.73. The van der Waals surface area contributed by atoms with Gasteiger partial charge in [-0.05, 0) is 19.1 Å². The summed E-state index contributed by atoms with van der Waals surface area (Å²) in [6.07, 6.45) is 1.62. The van der Waals surface area contributed by atoms with Gasteiger partial charge in [0.15, 0.2) is 0 Å². The monoisotopic (exact) mass is 421 g/mol. The predicted octanol–water partition coefficient (Wildman–Crippen LogP) is 3.21. The highest BCUT2D eigenvalue weighted by molar-refractivity contribution is 7.25. The molecule has 0 saturated carbocycles. The van der Waals surface area contributed by atoms with Crippen molar-refractivity contribution in [1.82, 2.24) is 14.5 Å². The Morgan fingerprint density at radius 3 is 2.57 bits per heavy atom. The number of pyridine rings is 1. The lowest BCUT2D eigenvalue weighted by atomic mass is 10.2. The van der Waals surface area contributed by atoms with Gasteiger partial charge in [-0.15, -0.1) is 11.3 Å². The summed E-state index contributed by atoms with van der Waals surface area (Å²) in [6, 6.07) is 9.97. The van der Waals surface area contributed by atoms with Crippen LogP contribution in [0.5, 0.6) is 0 Å². The van der Waals surface area contributed by atoms with E-state index in [1.54, 1.807) is 10.9 Å². The smallest absolute Gasteiger partial charge is 0.275 e. The highest BCUT2D eigenvalue weighted by Gasteiger charge is 2.21. The second-order valence-corrected chi connectivity index (χ2v) is 8.71. The maximum atomic E-state index is 13.3. The van der Waals surface area contributed by atoms with E-state index in [-0.39, 0.29) is 5.56 Å². The van der Waals surface area contributed by atoms with Crippen molar-refractivity contribution >= 4 is 43.3 Å². The van der Waals surface area contributed by atoms with Crippen LogP contribution in [-0.4, -0.2) is 54.9 Å². The van der Waals surface area contributed by atoms with E-state index in [2.05, 4.69) is 20.9 Å². The summed E-state index contributed by atoms with van der Waals surface area (Å²) < 4.78 is 7.72. The van der Waals surface area contributed by atoms with Crippen LogP contribution in [0.2, 0.25) is 0 Å². The largest absolute Gasteiger partial charge is 0.378 e. The molecule has 0 N–H and O–H groups in total. The van der Waals surface area contributed by atoms with Crippen molar-refractivity contribution in [3.8, 4) is 5.69 Å². The molecule has 0 amide bonds. The molecular formula is C22H23N5O2S. The minimum atomic E-state index is -0.0653. The zero-order chi connectivity index (χ0) is 20.8. The molecule has 8 heteroatoms. The van der Waals surface area contributed by atoms with Crippen LogP contribution < -0.4 is 15.4 Å². The Bertz CT molecular complexity index is 1290. The van der Waals surface area contributed by atoms with E-state index < -0.39 is 0 Å². The Labute approximate surface area is 178 Å². The summed E-state index contributed by atoms with van der Waals surface area (Å²) in [5.74, 6) is 0.917. The number of fused-ring (bicyclic) bond motifs is 3. The van der Waals surface area contributed by atoms with E-state index >= 15 is 0 Å².